The Kier molecular flexibility index (Phi) is 5.76. The van der Waals surface area contributed by atoms with Gasteiger partial charge in [-0.1, -0.05) is 51.1 Å². The number of nitrogens with zero attached hydrogens (tertiary/aromatic N) is 1. The van der Waals surface area contributed by atoms with Crippen LogP contribution in [0.4, 0.5) is 4.79 Å². The maximum Gasteiger partial charge on any atom is 0.315 e. The third-order valence-corrected chi connectivity index (χ3v) is 4.19. The fourth-order valence-corrected chi connectivity index (χ4v) is 3.72. The lowest BCUT2D eigenvalue weighted by Gasteiger charge is -2.33. The summed E-state index contributed by atoms with van der Waals surface area (Å²) < 4.78 is 0. The summed E-state index contributed by atoms with van der Waals surface area (Å²) in [6, 6.07) is 9.58. The zero-order valence-electron chi connectivity index (χ0n) is 16.1. The van der Waals surface area contributed by atoms with Gasteiger partial charge in [-0.15, -0.1) is 0 Å². The van der Waals surface area contributed by atoms with E-state index < -0.39 is 0 Å². The van der Waals surface area contributed by atoms with Crippen molar-refractivity contribution in [3.05, 3.63) is 35.9 Å². The molecule has 1 heterocycles. The topological polar surface area (TPSA) is 61.4 Å². The number of benzene rings is 1. The Hall–Kier alpha value is -2.04. The van der Waals surface area contributed by atoms with E-state index in [1.165, 1.54) is 0 Å². The molecule has 2 rings (SSSR count). The Balaban J connectivity index is 1.85. The third-order valence-electron chi connectivity index (χ3n) is 4.19. The van der Waals surface area contributed by atoms with Crippen molar-refractivity contribution in [3.8, 4) is 0 Å². The van der Waals surface area contributed by atoms with Crippen molar-refractivity contribution < 1.29 is 9.59 Å². The number of amides is 3. The van der Waals surface area contributed by atoms with Gasteiger partial charge in [-0.3, -0.25) is 4.79 Å². The number of likely N-dealkylation sites (tertiary alicyclic amines) is 1. The van der Waals surface area contributed by atoms with E-state index in [9.17, 15) is 9.59 Å². The average Bonchev–Trinajstić information content (AvgIpc) is 2.76. The van der Waals surface area contributed by atoms with Crippen LogP contribution in [0.15, 0.2) is 30.3 Å². The molecule has 0 saturated carbocycles. The number of carbonyl (C=O) groups excluding carboxylic acids is 2. The molecule has 1 aromatic rings. The molecular weight excluding hydrogens is 314 g/mol. The lowest BCUT2D eigenvalue weighted by molar-refractivity contribution is -0.128. The molecule has 138 valence electrons. The van der Waals surface area contributed by atoms with Crippen molar-refractivity contribution in [1.29, 1.82) is 0 Å². The lowest BCUT2D eigenvalue weighted by atomic mass is 9.82. The van der Waals surface area contributed by atoms with E-state index in [0.29, 0.717) is 19.5 Å². The summed E-state index contributed by atoms with van der Waals surface area (Å²) in [5.41, 5.74) is 0.939. The molecule has 0 aromatic heterocycles. The van der Waals surface area contributed by atoms with Gasteiger partial charge < -0.3 is 15.5 Å². The first-order valence-electron chi connectivity index (χ1n) is 8.94. The second-order valence-corrected chi connectivity index (χ2v) is 8.88. The minimum absolute atomic E-state index is 0.0862. The van der Waals surface area contributed by atoms with Crippen LogP contribution in [-0.4, -0.2) is 35.0 Å². The summed E-state index contributed by atoms with van der Waals surface area (Å²) >= 11 is 0. The first-order valence-corrected chi connectivity index (χ1v) is 8.94. The summed E-state index contributed by atoms with van der Waals surface area (Å²) in [6.07, 6.45) is 1.23. The highest BCUT2D eigenvalue weighted by atomic mass is 16.2. The van der Waals surface area contributed by atoms with Crippen LogP contribution in [0, 0.1) is 5.41 Å². The molecule has 1 unspecified atom stereocenters. The number of carbonyl (C=O) groups is 2. The Morgan fingerprint density at radius 1 is 1.16 bits per heavy atom. The maximum atomic E-state index is 12.3. The number of rotatable bonds is 5. The molecule has 1 aliphatic rings. The van der Waals surface area contributed by atoms with Crippen LogP contribution in [-0.2, 0) is 11.3 Å². The monoisotopic (exact) mass is 345 g/mol. The Morgan fingerprint density at radius 3 is 2.40 bits per heavy atom. The molecule has 1 aromatic carbocycles. The van der Waals surface area contributed by atoms with Crippen LogP contribution in [0.1, 0.15) is 53.0 Å². The van der Waals surface area contributed by atoms with Gasteiger partial charge in [-0.2, -0.15) is 0 Å². The zero-order valence-corrected chi connectivity index (χ0v) is 16.1. The number of urea groups is 1. The molecule has 1 fully saturated rings. The number of hydrogen-bond donors (Lipinski definition) is 2. The van der Waals surface area contributed by atoms with E-state index in [-0.39, 0.29) is 28.9 Å². The molecule has 0 aliphatic carbocycles. The molecule has 0 bridgehead atoms. The second-order valence-electron chi connectivity index (χ2n) is 8.88. The van der Waals surface area contributed by atoms with E-state index in [0.717, 1.165) is 12.0 Å². The Bertz CT molecular complexity index is 605. The molecule has 0 radical (unpaired) electrons. The predicted octanol–water partition coefficient (Wildman–Crippen LogP) is 3.30. The minimum atomic E-state index is -0.297. The summed E-state index contributed by atoms with van der Waals surface area (Å²) in [5.74, 6) is 0.0862. The largest absolute Gasteiger partial charge is 0.336 e. The van der Waals surface area contributed by atoms with Gasteiger partial charge in [-0.25, -0.2) is 4.79 Å². The smallest absolute Gasteiger partial charge is 0.315 e. The van der Waals surface area contributed by atoms with Crippen molar-refractivity contribution in [2.75, 3.05) is 6.54 Å². The lowest BCUT2D eigenvalue weighted by Crippen LogP contribution is -2.52. The fourth-order valence-electron chi connectivity index (χ4n) is 3.72. The van der Waals surface area contributed by atoms with E-state index in [2.05, 4.69) is 31.4 Å². The first-order chi connectivity index (χ1) is 11.5. The van der Waals surface area contributed by atoms with Crippen LogP contribution < -0.4 is 10.6 Å². The standard InChI is InChI=1S/C20H31N3O2/c1-19(2,3)14-20(4,5)22-18(25)21-16-11-17(24)23(13-16)12-15-9-7-6-8-10-15/h6-10,16H,11-14H2,1-5H3,(H2,21,22,25). The SMILES string of the molecule is CC(C)(C)CC(C)(C)NC(=O)NC1CC(=O)N(Cc2ccccc2)C1. The minimum Gasteiger partial charge on any atom is -0.336 e. The average molecular weight is 345 g/mol. The van der Waals surface area contributed by atoms with E-state index in [1.807, 2.05) is 44.2 Å². The van der Waals surface area contributed by atoms with Crippen molar-refractivity contribution in [2.45, 2.75) is 65.6 Å². The van der Waals surface area contributed by atoms with Gasteiger partial charge in [0.2, 0.25) is 5.91 Å². The fraction of sp³-hybridized carbons (Fsp3) is 0.600. The normalized spacial score (nSPS) is 18.4. The Morgan fingerprint density at radius 2 is 1.80 bits per heavy atom. The molecule has 1 atom stereocenters. The molecule has 5 nitrogen and oxygen atoms in total. The van der Waals surface area contributed by atoms with Crippen LogP contribution in [0.2, 0.25) is 0 Å². The van der Waals surface area contributed by atoms with Crippen LogP contribution >= 0.6 is 0 Å². The second kappa shape index (κ2) is 7.46. The highest BCUT2D eigenvalue weighted by Crippen LogP contribution is 2.26. The Labute approximate surface area is 151 Å². The quantitative estimate of drug-likeness (QED) is 0.860. The number of nitrogens with one attached hydrogen (secondary N) is 2. The van der Waals surface area contributed by atoms with Gasteiger partial charge in [0.05, 0.1) is 6.04 Å². The summed E-state index contributed by atoms with van der Waals surface area (Å²) in [6.45, 7) is 11.7. The zero-order chi connectivity index (χ0) is 18.7. The van der Waals surface area contributed by atoms with Gasteiger partial charge in [0.15, 0.2) is 0 Å². The van der Waals surface area contributed by atoms with Crippen molar-refractivity contribution in [1.82, 2.24) is 15.5 Å². The summed E-state index contributed by atoms with van der Waals surface area (Å²) in [5, 5.41) is 5.99. The van der Waals surface area contributed by atoms with Crippen LogP contribution in [0.5, 0.6) is 0 Å². The molecule has 2 N–H and O–H groups in total. The van der Waals surface area contributed by atoms with Gasteiger partial charge >= 0.3 is 6.03 Å². The van der Waals surface area contributed by atoms with Crippen molar-refractivity contribution >= 4 is 11.9 Å². The van der Waals surface area contributed by atoms with Gasteiger partial charge in [-0.05, 0) is 31.2 Å². The van der Waals surface area contributed by atoms with Crippen LogP contribution in [0.3, 0.4) is 0 Å². The van der Waals surface area contributed by atoms with Gasteiger partial charge in [0.1, 0.15) is 0 Å². The molecule has 3 amide bonds. The maximum absolute atomic E-state index is 12.3. The van der Waals surface area contributed by atoms with Crippen LogP contribution in [0.25, 0.3) is 0 Å². The highest BCUT2D eigenvalue weighted by molar-refractivity contribution is 5.81. The van der Waals surface area contributed by atoms with E-state index >= 15 is 0 Å². The summed E-state index contributed by atoms with van der Waals surface area (Å²) in [4.78, 5) is 26.3. The van der Waals surface area contributed by atoms with Crippen molar-refractivity contribution in [3.63, 3.8) is 0 Å². The predicted molar refractivity (Wildman–Crippen MR) is 100 cm³/mol. The molecule has 5 heteroatoms. The molecular formula is C20H31N3O2. The third kappa shape index (κ3) is 6.40. The summed E-state index contributed by atoms with van der Waals surface area (Å²) in [7, 11) is 0. The van der Waals surface area contributed by atoms with E-state index in [4.69, 9.17) is 0 Å². The molecule has 1 aliphatic heterocycles. The highest BCUT2D eigenvalue weighted by Gasteiger charge is 2.32. The molecule has 25 heavy (non-hydrogen) atoms. The molecule has 0 spiro atoms. The van der Waals surface area contributed by atoms with Crippen molar-refractivity contribution in [2.24, 2.45) is 5.41 Å². The van der Waals surface area contributed by atoms with E-state index in [1.54, 1.807) is 4.90 Å². The molecule has 1 saturated heterocycles. The van der Waals surface area contributed by atoms with Gasteiger partial charge in [0, 0.05) is 25.0 Å². The van der Waals surface area contributed by atoms with Gasteiger partial charge in [0.25, 0.3) is 0 Å². The first kappa shape index (κ1) is 19.3. The number of hydrogen-bond acceptors (Lipinski definition) is 2.